The number of hydrogen-bond donors (Lipinski definition) is 0. The molecule has 0 aliphatic rings. The van der Waals surface area contributed by atoms with E-state index in [-0.39, 0.29) is 5.63 Å². The Bertz CT molecular complexity index is 925. The monoisotopic (exact) mass is 310 g/mol. The first kappa shape index (κ1) is 15.5. The normalized spacial score (nSPS) is 10.9. The van der Waals surface area contributed by atoms with Gasteiger partial charge in [-0.2, -0.15) is 0 Å². The van der Waals surface area contributed by atoms with Gasteiger partial charge in [-0.05, 0) is 12.1 Å². The van der Waals surface area contributed by atoms with Gasteiger partial charge in [0.05, 0.1) is 5.39 Å². The zero-order chi connectivity index (χ0) is 16.3. The third kappa shape index (κ3) is 3.41. The van der Waals surface area contributed by atoms with Crippen molar-refractivity contribution in [2.75, 3.05) is 0 Å². The Hall–Kier alpha value is -2.89. The largest absolute Gasteiger partial charge is 0.673 e. The van der Waals surface area contributed by atoms with Crippen LogP contribution in [0.25, 0.3) is 26.7 Å². The molecule has 22 heavy (non-hydrogen) atoms. The van der Waals surface area contributed by atoms with E-state index < -0.39 is 7.25 Å². The van der Waals surface area contributed by atoms with Crippen molar-refractivity contribution in [3.63, 3.8) is 0 Å². The summed E-state index contributed by atoms with van der Waals surface area (Å²) in [6, 6.07) is 12.1. The van der Waals surface area contributed by atoms with Gasteiger partial charge in [0.25, 0.3) is 0 Å². The smallest absolute Gasteiger partial charge is 0.422 e. The van der Waals surface area contributed by atoms with E-state index in [0.29, 0.717) is 22.0 Å². The number of fused-ring (bicyclic) bond motifs is 3. The van der Waals surface area contributed by atoms with Crippen LogP contribution < -0.4 is 5.63 Å². The van der Waals surface area contributed by atoms with Gasteiger partial charge in [-0.3, -0.25) is 0 Å². The van der Waals surface area contributed by atoms with E-state index in [1.54, 1.807) is 30.3 Å². The van der Waals surface area contributed by atoms with Crippen LogP contribution in [-0.2, 0) is 0 Å². The molecule has 0 unspecified atom stereocenters. The molecule has 0 spiro atoms. The first-order valence-corrected chi connectivity index (χ1v) is 5.98. The van der Waals surface area contributed by atoms with E-state index in [9.17, 15) is 22.1 Å². The molecule has 0 aliphatic carbocycles. The summed E-state index contributed by atoms with van der Waals surface area (Å²) in [5.41, 5.74) is 0.426. The third-order valence-corrected chi connectivity index (χ3v) is 2.73. The molecular formula is C13H7BF4N2O2. The number of diazo groups is 1. The Kier molecular flexibility index (Phi) is 4.12. The summed E-state index contributed by atoms with van der Waals surface area (Å²) >= 11 is 0. The maximum absolute atomic E-state index is 11.7. The van der Waals surface area contributed by atoms with Crippen LogP contribution in [0.4, 0.5) is 23.0 Å². The summed E-state index contributed by atoms with van der Waals surface area (Å²) in [7, 11) is -6.00. The number of benzene rings is 2. The molecule has 2 aromatic carbocycles. The molecule has 112 valence electrons. The molecule has 4 nitrogen and oxygen atoms in total. The topological polar surface area (TPSA) is 58.4 Å². The average Bonchev–Trinajstić information content (AvgIpc) is 2.45. The fourth-order valence-electron chi connectivity index (χ4n) is 1.99. The van der Waals surface area contributed by atoms with Crippen molar-refractivity contribution in [3.05, 3.63) is 57.9 Å². The standard InChI is InChI=1S/C13H7N2O2.BF4/c14-15-10-6-3-7-11-12(10)8-4-1-2-5-9(8)13(16)17-11;2-1(3,4)5/h1-7H;/q+1;-1. The van der Waals surface area contributed by atoms with Gasteiger partial charge < -0.3 is 21.7 Å². The summed E-state index contributed by atoms with van der Waals surface area (Å²) in [6.07, 6.45) is 0. The molecule has 1 heterocycles. The first-order valence-electron chi connectivity index (χ1n) is 5.98. The van der Waals surface area contributed by atoms with Crippen molar-refractivity contribution < 1.29 is 21.7 Å². The van der Waals surface area contributed by atoms with Crippen LogP contribution in [0.2, 0.25) is 0 Å². The minimum Gasteiger partial charge on any atom is -0.422 e. The highest BCUT2D eigenvalue weighted by Gasteiger charge is 2.20. The lowest BCUT2D eigenvalue weighted by atomic mass is 10.1. The van der Waals surface area contributed by atoms with E-state index in [0.717, 1.165) is 5.39 Å². The van der Waals surface area contributed by atoms with Crippen molar-refractivity contribution in [1.82, 2.24) is 0 Å². The van der Waals surface area contributed by atoms with Crippen LogP contribution in [0, 0.1) is 5.39 Å². The Balaban J connectivity index is 0.000000309. The predicted molar refractivity (Wildman–Crippen MR) is 74.9 cm³/mol. The van der Waals surface area contributed by atoms with Gasteiger partial charge in [0.15, 0.2) is 4.98 Å². The lowest BCUT2D eigenvalue weighted by molar-refractivity contribution is 0.368. The Morgan fingerprint density at radius 1 is 0.955 bits per heavy atom. The molecule has 3 rings (SSSR count). The second kappa shape index (κ2) is 5.85. The Morgan fingerprint density at radius 2 is 1.55 bits per heavy atom. The van der Waals surface area contributed by atoms with Crippen LogP contribution in [0.1, 0.15) is 0 Å². The van der Waals surface area contributed by atoms with Crippen LogP contribution in [0.15, 0.2) is 51.7 Å². The van der Waals surface area contributed by atoms with Gasteiger partial charge in [0, 0.05) is 11.5 Å². The molecule has 0 aliphatic heterocycles. The molecule has 0 fully saturated rings. The highest BCUT2D eigenvalue weighted by atomic mass is 19.5. The fraction of sp³-hybridized carbons (Fsp3) is 0. The van der Waals surface area contributed by atoms with Gasteiger partial charge in [-0.1, -0.05) is 24.3 Å². The van der Waals surface area contributed by atoms with Crippen molar-refractivity contribution >= 4 is 34.7 Å². The van der Waals surface area contributed by atoms with E-state index in [1.807, 2.05) is 12.1 Å². The quantitative estimate of drug-likeness (QED) is 0.198. The maximum atomic E-state index is 11.7. The predicted octanol–water partition coefficient (Wildman–Crippen LogP) is 4.73. The van der Waals surface area contributed by atoms with Crippen LogP contribution in [-0.4, -0.2) is 7.25 Å². The molecule has 0 atom stereocenters. The molecule has 3 aromatic rings. The third-order valence-electron chi connectivity index (χ3n) is 2.73. The molecule has 0 saturated heterocycles. The second-order valence-corrected chi connectivity index (χ2v) is 4.18. The summed E-state index contributed by atoms with van der Waals surface area (Å²) in [5.74, 6) is 0. The van der Waals surface area contributed by atoms with Gasteiger partial charge in [-0.25, -0.2) is 4.79 Å². The average molecular weight is 310 g/mol. The molecular weight excluding hydrogens is 303 g/mol. The maximum Gasteiger partial charge on any atom is 0.673 e. The lowest BCUT2D eigenvalue weighted by Gasteiger charge is -1.98. The van der Waals surface area contributed by atoms with Crippen LogP contribution in [0.3, 0.4) is 0 Å². The zero-order valence-corrected chi connectivity index (χ0v) is 10.8. The number of halogens is 4. The first-order chi connectivity index (χ1) is 10.3. The van der Waals surface area contributed by atoms with Crippen molar-refractivity contribution in [2.45, 2.75) is 0 Å². The minimum atomic E-state index is -6.00. The SMILES string of the molecule is F[B-](F)(F)F.N#[N+]c1cccc2oc(=O)c3ccccc3c12. The highest BCUT2D eigenvalue weighted by Crippen LogP contribution is 2.31. The number of nitrogens with zero attached hydrogens (tertiary/aromatic N) is 2. The van der Waals surface area contributed by atoms with E-state index in [4.69, 9.17) is 9.81 Å². The molecule has 0 radical (unpaired) electrons. The molecule has 0 bridgehead atoms. The summed E-state index contributed by atoms with van der Waals surface area (Å²) < 4.78 is 44.2. The Labute approximate surface area is 120 Å². The van der Waals surface area contributed by atoms with Crippen molar-refractivity contribution in [3.8, 4) is 0 Å². The Morgan fingerprint density at radius 3 is 2.14 bits per heavy atom. The van der Waals surface area contributed by atoms with Gasteiger partial charge >= 0.3 is 18.6 Å². The van der Waals surface area contributed by atoms with Gasteiger partial charge in [0.2, 0.25) is 5.39 Å². The van der Waals surface area contributed by atoms with E-state index in [1.165, 1.54) is 0 Å². The van der Waals surface area contributed by atoms with Crippen molar-refractivity contribution in [2.24, 2.45) is 0 Å². The van der Waals surface area contributed by atoms with Crippen LogP contribution >= 0.6 is 0 Å². The summed E-state index contributed by atoms with van der Waals surface area (Å²) in [4.78, 5) is 14.9. The van der Waals surface area contributed by atoms with Crippen molar-refractivity contribution in [1.29, 1.82) is 5.39 Å². The second-order valence-electron chi connectivity index (χ2n) is 4.18. The minimum absolute atomic E-state index is 0.386. The van der Waals surface area contributed by atoms with E-state index >= 15 is 0 Å². The molecule has 9 heteroatoms. The van der Waals surface area contributed by atoms with Crippen LogP contribution in [0.5, 0.6) is 0 Å². The number of rotatable bonds is 0. The van der Waals surface area contributed by atoms with E-state index in [2.05, 4.69) is 4.98 Å². The molecule has 1 aromatic heterocycles. The number of hydrogen-bond acceptors (Lipinski definition) is 3. The highest BCUT2D eigenvalue weighted by molar-refractivity contribution is 6.50. The molecule has 0 N–H and O–H groups in total. The molecule has 0 amide bonds. The lowest BCUT2D eigenvalue weighted by Crippen LogP contribution is -2.02. The molecule has 0 saturated carbocycles. The van der Waals surface area contributed by atoms with Gasteiger partial charge in [-0.15, -0.1) is 0 Å². The summed E-state index contributed by atoms with van der Waals surface area (Å²) in [5, 5.41) is 10.8. The summed E-state index contributed by atoms with van der Waals surface area (Å²) in [6.45, 7) is 0. The van der Waals surface area contributed by atoms with Gasteiger partial charge in [0.1, 0.15) is 11.0 Å². The zero-order valence-electron chi connectivity index (χ0n) is 10.8. The fourth-order valence-corrected chi connectivity index (χ4v) is 1.99.